The molecule has 0 spiro atoms. The van der Waals surface area contributed by atoms with Gasteiger partial charge in [0.15, 0.2) is 0 Å². The molecule has 0 atom stereocenters. The predicted molar refractivity (Wildman–Crippen MR) is 74.6 cm³/mol. The first-order valence-electron chi connectivity index (χ1n) is 6.23. The third-order valence-electron chi connectivity index (χ3n) is 2.98. The zero-order valence-corrected chi connectivity index (χ0v) is 12.2. The molecule has 0 saturated carbocycles. The van der Waals surface area contributed by atoms with Gasteiger partial charge in [0.2, 0.25) is 11.8 Å². The number of ether oxygens (including phenoxy) is 2. The van der Waals surface area contributed by atoms with Crippen molar-refractivity contribution in [3.05, 3.63) is 36.0 Å². The van der Waals surface area contributed by atoms with Crippen LogP contribution in [0.25, 0.3) is 0 Å². The summed E-state index contributed by atoms with van der Waals surface area (Å²) in [5.74, 6) is 0.175. The van der Waals surface area contributed by atoms with E-state index in [1.165, 1.54) is 12.0 Å². The molecule has 0 aliphatic rings. The van der Waals surface area contributed by atoms with Crippen molar-refractivity contribution in [3.8, 4) is 11.6 Å². The second kappa shape index (κ2) is 6.08. The molecule has 0 fully saturated rings. The summed E-state index contributed by atoms with van der Waals surface area (Å²) < 4.78 is 48.2. The van der Waals surface area contributed by atoms with E-state index in [1.807, 2.05) is 0 Å². The summed E-state index contributed by atoms with van der Waals surface area (Å²) in [6, 6.07) is 6.99. The van der Waals surface area contributed by atoms with Crippen LogP contribution < -0.4 is 14.4 Å². The molecule has 0 unspecified atom stereocenters. The summed E-state index contributed by atoms with van der Waals surface area (Å²) in [6.45, 7) is 0. The summed E-state index contributed by atoms with van der Waals surface area (Å²) in [5.41, 5.74) is -0.348. The fourth-order valence-electron chi connectivity index (χ4n) is 1.80. The molecule has 0 saturated heterocycles. The van der Waals surface area contributed by atoms with Crippen molar-refractivity contribution in [2.45, 2.75) is 6.18 Å². The summed E-state index contributed by atoms with van der Waals surface area (Å²) in [7, 11) is 4.29. The smallest absolute Gasteiger partial charge is 0.423 e. The number of rotatable bonds is 4. The molecule has 1 heterocycles. The Kier molecular flexibility index (Phi) is 4.39. The summed E-state index contributed by atoms with van der Waals surface area (Å²) in [4.78, 5) is 9.11. The molecule has 0 amide bonds. The van der Waals surface area contributed by atoms with Crippen LogP contribution >= 0.6 is 0 Å². The van der Waals surface area contributed by atoms with Gasteiger partial charge >= 0.3 is 6.18 Å². The van der Waals surface area contributed by atoms with Gasteiger partial charge in [-0.3, -0.25) is 0 Å². The lowest BCUT2D eigenvalue weighted by Gasteiger charge is -2.19. The fourth-order valence-corrected chi connectivity index (χ4v) is 1.80. The zero-order chi connectivity index (χ0) is 16.3. The van der Waals surface area contributed by atoms with Crippen LogP contribution in [0.1, 0.15) is 5.56 Å². The van der Waals surface area contributed by atoms with E-state index in [-0.39, 0.29) is 5.95 Å². The highest BCUT2D eigenvalue weighted by Gasteiger charge is 2.36. The number of benzene rings is 1. The van der Waals surface area contributed by atoms with Crippen molar-refractivity contribution in [1.29, 1.82) is 0 Å². The molecule has 5 nitrogen and oxygen atoms in total. The highest BCUT2D eigenvalue weighted by atomic mass is 19.4. The molecule has 0 aliphatic heterocycles. The van der Waals surface area contributed by atoms with Crippen molar-refractivity contribution in [3.63, 3.8) is 0 Å². The molecule has 0 aliphatic carbocycles. The van der Waals surface area contributed by atoms with Gasteiger partial charge in [0.25, 0.3) is 0 Å². The van der Waals surface area contributed by atoms with Gasteiger partial charge in [-0.05, 0) is 12.1 Å². The van der Waals surface area contributed by atoms with Crippen LogP contribution in [0.5, 0.6) is 11.6 Å². The average molecular weight is 313 g/mol. The molecule has 2 rings (SSSR count). The number of nitrogens with zero attached hydrogens (tertiary/aromatic N) is 3. The van der Waals surface area contributed by atoms with Gasteiger partial charge in [-0.15, -0.1) is 0 Å². The third-order valence-corrected chi connectivity index (χ3v) is 2.98. The maximum absolute atomic E-state index is 12.8. The molecular formula is C14H14F3N3O2. The summed E-state index contributed by atoms with van der Waals surface area (Å²) in [5, 5.41) is 0. The lowest BCUT2D eigenvalue weighted by molar-refractivity contribution is -0.139. The van der Waals surface area contributed by atoms with E-state index in [0.717, 1.165) is 7.11 Å². The number of hydrogen-bond acceptors (Lipinski definition) is 5. The third kappa shape index (κ3) is 3.21. The van der Waals surface area contributed by atoms with Crippen LogP contribution in [0.2, 0.25) is 0 Å². The first-order valence-corrected chi connectivity index (χ1v) is 6.23. The van der Waals surface area contributed by atoms with E-state index in [9.17, 15) is 13.2 Å². The number of anilines is 2. The van der Waals surface area contributed by atoms with Gasteiger partial charge in [-0.1, -0.05) is 6.07 Å². The normalized spacial score (nSPS) is 11.2. The minimum absolute atomic E-state index is 0.0816. The van der Waals surface area contributed by atoms with Crippen LogP contribution in [0, 0.1) is 0 Å². The van der Waals surface area contributed by atoms with Crippen LogP contribution in [-0.2, 0) is 6.18 Å². The van der Waals surface area contributed by atoms with E-state index in [0.29, 0.717) is 17.6 Å². The van der Waals surface area contributed by atoms with Gasteiger partial charge in [0.1, 0.15) is 11.3 Å². The zero-order valence-electron chi connectivity index (χ0n) is 12.2. The first-order chi connectivity index (χ1) is 10.4. The largest absolute Gasteiger partial charge is 0.497 e. The molecular weight excluding hydrogens is 299 g/mol. The minimum Gasteiger partial charge on any atom is -0.497 e. The lowest BCUT2D eigenvalue weighted by Crippen LogP contribution is -2.16. The van der Waals surface area contributed by atoms with Crippen LogP contribution in [0.4, 0.5) is 24.8 Å². The van der Waals surface area contributed by atoms with Gasteiger partial charge < -0.3 is 14.4 Å². The van der Waals surface area contributed by atoms with Crippen molar-refractivity contribution < 1.29 is 22.6 Å². The lowest BCUT2D eigenvalue weighted by atomic mass is 10.3. The predicted octanol–water partition coefficient (Wildman–Crippen LogP) is 3.28. The van der Waals surface area contributed by atoms with Gasteiger partial charge in [-0.2, -0.15) is 18.2 Å². The van der Waals surface area contributed by atoms with E-state index >= 15 is 0 Å². The maximum Gasteiger partial charge on any atom is 0.423 e. The Bertz CT molecular complexity index is 662. The Morgan fingerprint density at radius 2 is 1.86 bits per heavy atom. The molecule has 8 heteroatoms. The van der Waals surface area contributed by atoms with Crippen molar-refractivity contribution in [1.82, 2.24) is 9.97 Å². The van der Waals surface area contributed by atoms with E-state index < -0.39 is 17.6 Å². The topological polar surface area (TPSA) is 47.5 Å². The Balaban J connectivity index is 2.40. The maximum atomic E-state index is 12.8. The Morgan fingerprint density at radius 1 is 1.14 bits per heavy atom. The van der Waals surface area contributed by atoms with Crippen LogP contribution in [0.15, 0.2) is 30.5 Å². The second-order valence-corrected chi connectivity index (χ2v) is 4.35. The number of halogens is 3. The molecule has 2 aromatic rings. The van der Waals surface area contributed by atoms with Gasteiger partial charge in [-0.25, -0.2) is 4.98 Å². The Morgan fingerprint density at radius 3 is 2.45 bits per heavy atom. The molecule has 1 aromatic heterocycles. The first kappa shape index (κ1) is 15.9. The van der Waals surface area contributed by atoms with E-state index in [4.69, 9.17) is 9.47 Å². The standard InChI is InChI=1S/C14H14F3N3O2/c1-20(9-5-4-6-10(7-9)21-2)13-18-8-11(14(15,16)17)12(19-13)22-3/h4-8H,1-3H3. The van der Waals surface area contributed by atoms with Crippen molar-refractivity contribution in [2.75, 3.05) is 26.2 Å². The highest BCUT2D eigenvalue weighted by molar-refractivity contribution is 5.59. The minimum atomic E-state index is -4.57. The molecule has 1 aromatic carbocycles. The molecule has 0 bridgehead atoms. The summed E-state index contributed by atoms with van der Waals surface area (Å²) >= 11 is 0. The summed E-state index contributed by atoms with van der Waals surface area (Å²) in [6.07, 6.45) is -3.86. The number of alkyl halides is 3. The average Bonchev–Trinajstić information content (AvgIpc) is 2.52. The van der Waals surface area contributed by atoms with E-state index in [1.54, 1.807) is 31.3 Å². The molecule has 22 heavy (non-hydrogen) atoms. The number of hydrogen-bond donors (Lipinski definition) is 0. The fraction of sp³-hybridized carbons (Fsp3) is 0.286. The Labute approximate surface area is 125 Å². The molecule has 118 valence electrons. The van der Waals surface area contributed by atoms with Gasteiger partial charge in [0, 0.05) is 25.0 Å². The number of methoxy groups -OCH3 is 2. The quantitative estimate of drug-likeness (QED) is 0.867. The monoisotopic (exact) mass is 313 g/mol. The molecule has 0 N–H and O–H groups in total. The molecule has 0 radical (unpaired) electrons. The van der Waals surface area contributed by atoms with Gasteiger partial charge in [0.05, 0.1) is 14.2 Å². The SMILES string of the molecule is COc1cccc(N(C)c2ncc(C(F)(F)F)c(OC)n2)c1. The van der Waals surface area contributed by atoms with Crippen molar-refractivity contribution in [2.24, 2.45) is 0 Å². The van der Waals surface area contributed by atoms with Crippen LogP contribution in [0.3, 0.4) is 0 Å². The highest BCUT2D eigenvalue weighted by Crippen LogP contribution is 2.35. The Hall–Kier alpha value is -2.51. The second-order valence-electron chi connectivity index (χ2n) is 4.35. The number of aromatic nitrogens is 2. The van der Waals surface area contributed by atoms with E-state index in [2.05, 4.69) is 9.97 Å². The van der Waals surface area contributed by atoms with Crippen molar-refractivity contribution >= 4 is 11.6 Å². The van der Waals surface area contributed by atoms with Crippen LogP contribution in [-0.4, -0.2) is 31.2 Å².